The van der Waals surface area contributed by atoms with Crippen molar-refractivity contribution in [2.45, 2.75) is 64.6 Å². The number of aromatic nitrogens is 3. The van der Waals surface area contributed by atoms with Crippen molar-refractivity contribution >= 4 is 34.3 Å². The van der Waals surface area contributed by atoms with Gasteiger partial charge in [-0.3, -0.25) is 19.3 Å². The van der Waals surface area contributed by atoms with Crippen LogP contribution in [-0.2, 0) is 22.6 Å². The Balaban J connectivity index is 1.62. The summed E-state index contributed by atoms with van der Waals surface area (Å²) in [7, 11) is 0. The number of para-hydroxylation sites is 2. The molecule has 1 aromatic heterocycles. The molecule has 5 rings (SSSR count). The number of carbonyl (C=O) groups is 3. The van der Waals surface area contributed by atoms with Crippen molar-refractivity contribution < 1.29 is 14.4 Å². The summed E-state index contributed by atoms with van der Waals surface area (Å²) in [6.07, 6.45) is 4.81. The Kier molecular flexibility index (Phi) is 7.81. The molecule has 1 aliphatic rings. The molecule has 1 fully saturated rings. The summed E-state index contributed by atoms with van der Waals surface area (Å²) in [5.41, 5.74) is 3.96. The lowest BCUT2D eigenvalue weighted by Crippen LogP contribution is -2.47. The van der Waals surface area contributed by atoms with Gasteiger partial charge in [-0.05, 0) is 61.6 Å². The largest absolute Gasteiger partial charge is 0.351 e. The van der Waals surface area contributed by atoms with Crippen LogP contribution in [0.1, 0.15) is 67.1 Å². The van der Waals surface area contributed by atoms with Crippen molar-refractivity contribution in [2.75, 3.05) is 4.90 Å². The Hall–Kier alpha value is -4.33. The standard InChI is InChI=1S/C31H33N5O3/c1-3-22-16-18-23(19-17-22)30(31(39)32-24-10-4-5-11-24)36(27-14-8-6-12-25(27)21(2)37)29(38)20-35-28-15-9-7-13-26(28)33-34-35/h6-9,12-19,24,30H,3-5,10-11,20H2,1-2H3,(H,32,39)/t30-/m0/s1. The molecule has 4 aromatic rings. The number of carbonyl (C=O) groups excluding carboxylic acids is 3. The molecule has 1 saturated carbocycles. The molecular formula is C31H33N5O3. The van der Waals surface area contributed by atoms with Gasteiger partial charge in [0.1, 0.15) is 18.1 Å². The SMILES string of the molecule is CCc1ccc([C@@H](C(=O)NC2CCCC2)N(C(=O)Cn2nnc3ccccc32)c2ccccc2C(C)=O)cc1. The second kappa shape index (κ2) is 11.6. The van der Waals surface area contributed by atoms with Crippen molar-refractivity contribution in [2.24, 2.45) is 0 Å². The third kappa shape index (κ3) is 5.60. The van der Waals surface area contributed by atoms with Crippen molar-refractivity contribution in [1.29, 1.82) is 0 Å². The molecule has 0 saturated heterocycles. The normalized spacial score (nSPS) is 14.3. The summed E-state index contributed by atoms with van der Waals surface area (Å²) >= 11 is 0. The van der Waals surface area contributed by atoms with Gasteiger partial charge in [0, 0.05) is 11.6 Å². The lowest BCUT2D eigenvalue weighted by molar-refractivity contribution is -0.127. The van der Waals surface area contributed by atoms with Crippen molar-refractivity contribution in [3.63, 3.8) is 0 Å². The summed E-state index contributed by atoms with van der Waals surface area (Å²) in [5.74, 6) is -0.822. The number of amides is 2. The maximum Gasteiger partial charge on any atom is 0.249 e. The summed E-state index contributed by atoms with van der Waals surface area (Å²) in [4.78, 5) is 42.5. The first kappa shape index (κ1) is 26.3. The fourth-order valence-corrected chi connectivity index (χ4v) is 5.34. The topological polar surface area (TPSA) is 97.2 Å². The van der Waals surface area contributed by atoms with Gasteiger partial charge >= 0.3 is 0 Å². The van der Waals surface area contributed by atoms with Crippen LogP contribution >= 0.6 is 0 Å². The monoisotopic (exact) mass is 523 g/mol. The van der Waals surface area contributed by atoms with Gasteiger partial charge in [0.2, 0.25) is 11.8 Å². The predicted molar refractivity (Wildman–Crippen MR) is 150 cm³/mol. The second-order valence-corrected chi connectivity index (χ2v) is 10.1. The second-order valence-electron chi connectivity index (χ2n) is 10.1. The van der Waals surface area contributed by atoms with E-state index in [1.165, 1.54) is 16.5 Å². The summed E-state index contributed by atoms with van der Waals surface area (Å²) in [6.45, 7) is 3.39. The smallest absolute Gasteiger partial charge is 0.249 e. The first-order valence-electron chi connectivity index (χ1n) is 13.6. The highest BCUT2D eigenvalue weighted by Crippen LogP contribution is 2.33. The highest BCUT2D eigenvalue weighted by Gasteiger charge is 2.36. The Morgan fingerprint density at radius 3 is 2.38 bits per heavy atom. The molecule has 2 amide bonds. The number of nitrogens with zero attached hydrogens (tertiary/aromatic N) is 4. The maximum atomic E-state index is 14.3. The van der Waals surface area contributed by atoms with E-state index in [1.54, 1.807) is 24.3 Å². The molecule has 0 unspecified atom stereocenters. The number of anilines is 1. The van der Waals surface area contributed by atoms with Gasteiger partial charge < -0.3 is 5.32 Å². The Labute approximate surface area is 228 Å². The van der Waals surface area contributed by atoms with Gasteiger partial charge in [-0.15, -0.1) is 5.10 Å². The fourth-order valence-electron chi connectivity index (χ4n) is 5.34. The summed E-state index contributed by atoms with van der Waals surface area (Å²) in [5, 5.41) is 11.6. The average molecular weight is 524 g/mol. The highest BCUT2D eigenvalue weighted by molar-refractivity contribution is 6.08. The third-order valence-electron chi connectivity index (χ3n) is 7.43. The van der Waals surface area contributed by atoms with Crippen LogP contribution in [0.3, 0.4) is 0 Å². The van der Waals surface area contributed by atoms with Crippen LogP contribution in [0.15, 0.2) is 72.8 Å². The van der Waals surface area contributed by atoms with Gasteiger partial charge in [0.05, 0.1) is 11.2 Å². The molecule has 200 valence electrons. The zero-order valence-electron chi connectivity index (χ0n) is 22.3. The van der Waals surface area contributed by atoms with Crippen molar-refractivity contribution in [1.82, 2.24) is 20.3 Å². The number of fused-ring (bicyclic) bond motifs is 1. The molecule has 39 heavy (non-hydrogen) atoms. The van der Waals surface area contributed by atoms with Gasteiger partial charge in [-0.1, -0.05) is 73.5 Å². The molecule has 0 radical (unpaired) electrons. The van der Waals surface area contributed by atoms with E-state index in [0.29, 0.717) is 27.8 Å². The van der Waals surface area contributed by atoms with E-state index in [1.807, 2.05) is 48.5 Å². The number of ketones is 1. The molecule has 0 bridgehead atoms. The van der Waals surface area contributed by atoms with Crippen LogP contribution in [0.25, 0.3) is 11.0 Å². The zero-order chi connectivity index (χ0) is 27.4. The van der Waals surface area contributed by atoms with Crippen LogP contribution in [0.2, 0.25) is 0 Å². The van der Waals surface area contributed by atoms with Gasteiger partial charge in [-0.25, -0.2) is 4.68 Å². The third-order valence-corrected chi connectivity index (χ3v) is 7.43. The van der Waals surface area contributed by atoms with Gasteiger partial charge in [-0.2, -0.15) is 0 Å². The molecule has 0 aliphatic heterocycles. The Bertz CT molecular complexity index is 1490. The summed E-state index contributed by atoms with van der Waals surface area (Å²) < 4.78 is 1.53. The van der Waals surface area contributed by atoms with Gasteiger partial charge in [0.25, 0.3) is 0 Å². The first-order valence-corrected chi connectivity index (χ1v) is 13.6. The fraction of sp³-hybridized carbons (Fsp3) is 0.323. The molecule has 3 aromatic carbocycles. The zero-order valence-corrected chi connectivity index (χ0v) is 22.3. The van der Waals surface area contributed by atoms with E-state index in [-0.39, 0.29) is 30.2 Å². The van der Waals surface area contributed by atoms with E-state index >= 15 is 0 Å². The van der Waals surface area contributed by atoms with Gasteiger partial charge in [0.15, 0.2) is 5.78 Å². The molecule has 1 aliphatic carbocycles. The molecule has 8 heteroatoms. The number of hydrogen-bond donors (Lipinski definition) is 1. The summed E-state index contributed by atoms with van der Waals surface area (Å²) in [6, 6.07) is 21.2. The van der Waals surface area contributed by atoms with Crippen LogP contribution in [-0.4, -0.2) is 38.6 Å². The number of rotatable bonds is 9. The van der Waals surface area contributed by atoms with E-state index in [0.717, 1.165) is 37.7 Å². The van der Waals surface area contributed by atoms with E-state index in [9.17, 15) is 14.4 Å². The van der Waals surface area contributed by atoms with Crippen molar-refractivity contribution in [3.8, 4) is 0 Å². The number of benzene rings is 3. The lowest BCUT2D eigenvalue weighted by atomic mass is 9.98. The van der Waals surface area contributed by atoms with E-state index < -0.39 is 6.04 Å². The first-order chi connectivity index (χ1) is 19.0. The molecule has 1 heterocycles. The average Bonchev–Trinajstić information content (AvgIpc) is 3.62. The maximum absolute atomic E-state index is 14.3. The number of Topliss-reactive ketones (excluding diaryl/α,β-unsaturated/α-hetero) is 1. The van der Waals surface area contributed by atoms with Crippen molar-refractivity contribution in [3.05, 3.63) is 89.5 Å². The Morgan fingerprint density at radius 1 is 0.974 bits per heavy atom. The number of hydrogen-bond acceptors (Lipinski definition) is 5. The molecule has 0 spiro atoms. The predicted octanol–water partition coefficient (Wildman–Crippen LogP) is 5.03. The van der Waals surface area contributed by atoms with Crippen LogP contribution in [0.4, 0.5) is 5.69 Å². The minimum atomic E-state index is -0.973. The quantitative estimate of drug-likeness (QED) is 0.311. The minimum absolute atomic E-state index is 0.0641. The lowest BCUT2D eigenvalue weighted by Gasteiger charge is -2.33. The molecule has 1 N–H and O–H groups in total. The van der Waals surface area contributed by atoms with Crippen LogP contribution < -0.4 is 10.2 Å². The van der Waals surface area contributed by atoms with E-state index in [2.05, 4.69) is 22.6 Å². The Morgan fingerprint density at radius 2 is 1.67 bits per heavy atom. The van der Waals surface area contributed by atoms with Crippen LogP contribution in [0.5, 0.6) is 0 Å². The highest BCUT2D eigenvalue weighted by atomic mass is 16.2. The minimum Gasteiger partial charge on any atom is -0.351 e. The molecule has 1 atom stereocenters. The van der Waals surface area contributed by atoms with Crippen LogP contribution in [0, 0.1) is 0 Å². The number of aryl methyl sites for hydroxylation is 1. The number of nitrogens with one attached hydrogen (secondary N) is 1. The molecule has 8 nitrogen and oxygen atoms in total. The van der Waals surface area contributed by atoms with E-state index in [4.69, 9.17) is 0 Å². The molecular weight excluding hydrogens is 490 g/mol.